The molecule has 1 saturated carbocycles. The first-order chi connectivity index (χ1) is 16.4. The molecule has 1 fully saturated rings. The molecule has 1 aromatic carbocycles. The van der Waals surface area contributed by atoms with Gasteiger partial charge in [0.25, 0.3) is 5.91 Å². The smallest absolute Gasteiger partial charge is 0.255 e. The Hall–Kier alpha value is -3.70. The number of phenols is 1. The van der Waals surface area contributed by atoms with Gasteiger partial charge >= 0.3 is 0 Å². The number of oxime groups is 1. The number of Topliss-reactive ketones (excluding diaryl/α,β-unsaturated/α-hetero) is 2. The monoisotopic (exact) mass is 485 g/mol. The fourth-order valence-electron chi connectivity index (χ4n) is 5.77. The molecule has 0 aliphatic heterocycles. The van der Waals surface area contributed by atoms with Crippen molar-refractivity contribution in [3.8, 4) is 5.75 Å². The molecule has 11 nitrogen and oxygen atoms in total. The van der Waals surface area contributed by atoms with Crippen molar-refractivity contribution in [3.63, 3.8) is 0 Å². The van der Waals surface area contributed by atoms with Crippen LogP contribution in [-0.2, 0) is 25.6 Å². The molecule has 6 N–H and O–H groups in total. The number of primary amides is 1. The Balaban J connectivity index is 1.98. The summed E-state index contributed by atoms with van der Waals surface area (Å²) in [6.45, 7) is 1.69. The van der Waals surface area contributed by atoms with Crippen LogP contribution in [0.4, 0.5) is 0 Å². The number of likely N-dealkylation sites (N-methyl/N-ethyl adjacent to an activating group) is 1. The molecule has 0 heterocycles. The van der Waals surface area contributed by atoms with E-state index >= 15 is 0 Å². The lowest BCUT2D eigenvalue weighted by Crippen LogP contribution is -2.65. The van der Waals surface area contributed by atoms with Crippen LogP contribution in [0, 0.1) is 11.8 Å². The first kappa shape index (κ1) is 24.4. The molecule has 35 heavy (non-hydrogen) atoms. The lowest BCUT2D eigenvalue weighted by Gasteiger charge is -2.50. The van der Waals surface area contributed by atoms with Gasteiger partial charge in [-0.05, 0) is 57.5 Å². The molecule has 0 bridgehead atoms. The highest BCUT2D eigenvalue weighted by molar-refractivity contribution is 6.24. The molecule has 4 rings (SSSR count). The summed E-state index contributed by atoms with van der Waals surface area (Å²) in [5, 5.41) is 48.1. The zero-order valence-electron chi connectivity index (χ0n) is 19.7. The highest BCUT2D eigenvalue weighted by Gasteiger charge is 2.64. The summed E-state index contributed by atoms with van der Waals surface area (Å²) in [5.41, 5.74) is 3.19. The topological polar surface area (TPSA) is 183 Å². The van der Waals surface area contributed by atoms with Crippen molar-refractivity contribution < 1.29 is 39.6 Å². The Morgan fingerprint density at radius 2 is 1.89 bits per heavy atom. The van der Waals surface area contributed by atoms with Gasteiger partial charge in [-0.25, -0.2) is 0 Å². The van der Waals surface area contributed by atoms with E-state index in [1.807, 2.05) is 0 Å². The number of aliphatic hydroxyl groups excluding tert-OH is 2. The van der Waals surface area contributed by atoms with Crippen LogP contribution in [0.5, 0.6) is 5.75 Å². The summed E-state index contributed by atoms with van der Waals surface area (Å²) in [5.74, 6) is -6.86. The quantitative estimate of drug-likeness (QED) is 0.228. The summed E-state index contributed by atoms with van der Waals surface area (Å²) in [6, 6.07) is 1.83. The summed E-state index contributed by atoms with van der Waals surface area (Å²) in [4.78, 5) is 45.2. The van der Waals surface area contributed by atoms with E-state index in [1.165, 1.54) is 18.1 Å². The van der Waals surface area contributed by atoms with Gasteiger partial charge in [0, 0.05) is 17.1 Å². The summed E-state index contributed by atoms with van der Waals surface area (Å²) in [6.07, 6.45) is 0.191. The third-order valence-corrected chi connectivity index (χ3v) is 7.22. The summed E-state index contributed by atoms with van der Waals surface area (Å²) in [7, 11) is 4.48. The minimum atomic E-state index is -2.66. The average molecular weight is 485 g/mol. The van der Waals surface area contributed by atoms with Crippen LogP contribution >= 0.6 is 0 Å². The van der Waals surface area contributed by atoms with E-state index in [0.717, 1.165) is 0 Å². The van der Waals surface area contributed by atoms with E-state index in [1.54, 1.807) is 27.1 Å². The zero-order chi connectivity index (χ0) is 26.0. The Labute approximate surface area is 200 Å². The van der Waals surface area contributed by atoms with Gasteiger partial charge in [0.1, 0.15) is 30.0 Å². The first-order valence-corrected chi connectivity index (χ1v) is 11.0. The molecule has 11 heteroatoms. The van der Waals surface area contributed by atoms with Crippen LogP contribution in [0.3, 0.4) is 0 Å². The van der Waals surface area contributed by atoms with Crippen molar-refractivity contribution in [1.29, 1.82) is 0 Å². The molecule has 1 amide bonds. The number of aromatic hydroxyl groups is 1. The molecule has 1 unspecified atom stereocenters. The van der Waals surface area contributed by atoms with Crippen LogP contribution < -0.4 is 5.73 Å². The number of ketones is 2. The SMILES string of the molecule is CO/N=C(/C)c1ccc(O)c2c1C[C@H]1C[C@H]3C(N(C)C)C(=O)C(C(N)=O)=C(O)[C@@]3(O)C(=O)C1=C2O. The Morgan fingerprint density at radius 1 is 1.23 bits per heavy atom. The van der Waals surface area contributed by atoms with Crippen LogP contribution in [0.2, 0.25) is 0 Å². The number of hydrogen-bond donors (Lipinski definition) is 5. The van der Waals surface area contributed by atoms with Crippen molar-refractivity contribution >= 4 is 28.9 Å². The van der Waals surface area contributed by atoms with Gasteiger partial charge in [0.15, 0.2) is 11.4 Å². The number of fused-ring (bicyclic) bond motifs is 3. The third-order valence-electron chi connectivity index (χ3n) is 7.22. The molecule has 0 aromatic heterocycles. The number of nitrogens with two attached hydrogens (primary N) is 1. The number of amides is 1. The fraction of sp³-hybridized carbons (Fsp3) is 0.417. The maximum atomic E-state index is 13.8. The largest absolute Gasteiger partial charge is 0.508 e. The van der Waals surface area contributed by atoms with E-state index in [-0.39, 0.29) is 29.7 Å². The van der Waals surface area contributed by atoms with Gasteiger partial charge in [0.2, 0.25) is 5.78 Å². The van der Waals surface area contributed by atoms with Crippen LogP contribution in [0.1, 0.15) is 30.0 Å². The van der Waals surface area contributed by atoms with Crippen molar-refractivity contribution in [2.75, 3.05) is 21.2 Å². The summed E-state index contributed by atoms with van der Waals surface area (Å²) >= 11 is 0. The van der Waals surface area contributed by atoms with Gasteiger partial charge in [-0.2, -0.15) is 0 Å². The van der Waals surface area contributed by atoms with Crippen molar-refractivity contribution in [1.82, 2.24) is 4.90 Å². The number of benzene rings is 1. The molecule has 0 radical (unpaired) electrons. The average Bonchev–Trinajstić information content (AvgIpc) is 2.76. The number of aliphatic hydroxyl groups is 3. The van der Waals surface area contributed by atoms with E-state index in [4.69, 9.17) is 10.6 Å². The Kier molecular flexibility index (Phi) is 5.73. The second-order valence-corrected chi connectivity index (χ2v) is 9.31. The standard InChI is InChI=1S/C24H27N3O8/c1-9(26-35-4)11-5-6-14(28)16-12(11)7-10-8-13-18(27(2)3)20(30)17(23(25)33)22(32)24(13,34)21(31)15(10)19(16)29/h5-6,10,13,18,28-29,32,34H,7-8H2,1-4H3,(H2,25,33)/b26-9-/t10-,13-,18?,24-/m0/s1. The first-order valence-electron chi connectivity index (χ1n) is 11.0. The van der Waals surface area contributed by atoms with Crippen LogP contribution in [0.15, 0.2) is 34.2 Å². The molecule has 4 atom stereocenters. The maximum absolute atomic E-state index is 13.8. The third kappa shape index (κ3) is 3.26. The maximum Gasteiger partial charge on any atom is 0.255 e. The van der Waals surface area contributed by atoms with E-state index in [0.29, 0.717) is 16.8 Å². The molecule has 0 spiro atoms. The Morgan fingerprint density at radius 3 is 2.46 bits per heavy atom. The molecular weight excluding hydrogens is 458 g/mol. The second-order valence-electron chi connectivity index (χ2n) is 9.31. The molecular formula is C24H27N3O8. The van der Waals surface area contributed by atoms with Crippen molar-refractivity contribution in [3.05, 3.63) is 45.7 Å². The lowest BCUT2D eigenvalue weighted by molar-refractivity contribution is -0.153. The summed E-state index contributed by atoms with van der Waals surface area (Å²) < 4.78 is 0. The van der Waals surface area contributed by atoms with Crippen molar-refractivity contribution in [2.24, 2.45) is 22.7 Å². The van der Waals surface area contributed by atoms with E-state index in [2.05, 4.69) is 5.16 Å². The lowest BCUT2D eigenvalue weighted by atomic mass is 9.57. The minimum absolute atomic E-state index is 0.00411. The predicted molar refractivity (Wildman–Crippen MR) is 123 cm³/mol. The molecule has 0 saturated heterocycles. The fourth-order valence-corrected chi connectivity index (χ4v) is 5.77. The second kappa shape index (κ2) is 8.21. The molecule has 1 aromatic rings. The number of nitrogens with zero attached hydrogens (tertiary/aromatic N) is 2. The van der Waals surface area contributed by atoms with E-state index < -0.39 is 58.0 Å². The number of hydrogen-bond acceptors (Lipinski definition) is 10. The number of rotatable bonds is 4. The number of carbonyl (C=O) groups excluding carboxylic acids is 3. The van der Waals surface area contributed by atoms with Gasteiger partial charge in [-0.1, -0.05) is 5.16 Å². The number of carbonyl (C=O) groups is 3. The van der Waals surface area contributed by atoms with Gasteiger partial charge < -0.3 is 31.0 Å². The highest BCUT2D eigenvalue weighted by Crippen LogP contribution is 2.52. The van der Waals surface area contributed by atoms with Crippen LogP contribution in [0.25, 0.3) is 5.76 Å². The zero-order valence-corrected chi connectivity index (χ0v) is 19.7. The highest BCUT2D eigenvalue weighted by atomic mass is 16.6. The number of phenolic OH excluding ortho intramolecular Hbond substituents is 1. The predicted octanol–water partition coefficient (Wildman–Crippen LogP) is 0.334. The molecule has 3 aliphatic carbocycles. The van der Waals surface area contributed by atoms with Gasteiger partial charge in [0.05, 0.1) is 17.3 Å². The van der Waals surface area contributed by atoms with Gasteiger partial charge in [-0.15, -0.1) is 0 Å². The van der Waals surface area contributed by atoms with Crippen LogP contribution in [-0.4, -0.2) is 81.4 Å². The van der Waals surface area contributed by atoms with Gasteiger partial charge in [-0.3, -0.25) is 19.3 Å². The normalized spacial score (nSPS) is 28.6. The Bertz CT molecular complexity index is 1260. The minimum Gasteiger partial charge on any atom is -0.508 e. The molecule has 3 aliphatic rings. The van der Waals surface area contributed by atoms with E-state index in [9.17, 15) is 34.8 Å². The van der Waals surface area contributed by atoms with Crippen molar-refractivity contribution in [2.45, 2.75) is 31.4 Å². The molecule has 186 valence electrons.